The zero-order valence-electron chi connectivity index (χ0n) is 15.7. The number of hydrogen-bond donors (Lipinski definition) is 1. The van der Waals surface area contributed by atoms with E-state index in [2.05, 4.69) is 32.7 Å². The summed E-state index contributed by atoms with van der Waals surface area (Å²) in [5.74, 6) is -0.196. The molecule has 0 aliphatic heterocycles. The van der Waals surface area contributed by atoms with Gasteiger partial charge in [-0.05, 0) is 56.1 Å². The number of carboxylic acids is 1. The fraction of sp³-hybridized carbons (Fsp3) is 0.650. The van der Waals surface area contributed by atoms with Gasteiger partial charge in [-0.1, -0.05) is 40.0 Å². The average Bonchev–Trinajstić information content (AvgIpc) is 2.55. The first-order valence-corrected chi connectivity index (χ1v) is 8.99. The summed E-state index contributed by atoms with van der Waals surface area (Å²) in [5, 5.41) is 8.86. The maximum Gasteiger partial charge on any atom is 0.335 e. The average molecular weight is 335 g/mol. The maximum atomic E-state index is 10.8. The third-order valence-corrected chi connectivity index (χ3v) is 4.69. The molecule has 0 bridgehead atoms. The van der Waals surface area contributed by atoms with Crippen LogP contribution in [0.3, 0.4) is 0 Å². The maximum absolute atomic E-state index is 10.8. The minimum Gasteiger partial charge on any atom is -0.492 e. The highest BCUT2D eigenvalue weighted by Crippen LogP contribution is 2.26. The number of carbonyl (C=O) groups is 1. The number of likely N-dealkylation sites (N-methyl/N-ethyl adjacent to an activating group) is 1. The first-order valence-electron chi connectivity index (χ1n) is 8.99. The van der Waals surface area contributed by atoms with Gasteiger partial charge in [-0.25, -0.2) is 4.79 Å². The van der Waals surface area contributed by atoms with Gasteiger partial charge in [0.05, 0.1) is 5.56 Å². The van der Waals surface area contributed by atoms with Crippen molar-refractivity contribution < 1.29 is 14.6 Å². The topological polar surface area (TPSA) is 49.8 Å². The molecule has 0 aromatic heterocycles. The van der Waals surface area contributed by atoms with Gasteiger partial charge in [-0.3, -0.25) is 0 Å². The summed E-state index contributed by atoms with van der Waals surface area (Å²) in [5.41, 5.74) is 0.765. The van der Waals surface area contributed by atoms with Crippen molar-refractivity contribution in [1.82, 2.24) is 4.90 Å². The molecule has 0 heterocycles. The fourth-order valence-electron chi connectivity index (χ4n) is 2.46. The lowest BCUT2D eigenvalue weighted by Crippen LogP contribution is -2.25. The van der Waals surface area contributed by atoms with E-state index in [-0.39, 0.29) is 5.56 Å². The molecule has 0 aliphatic rings. The quantitative estimate of drug-likeness (QED) is 0.563. The normalized spacial score (nSPS) is 11.7. The lowest BCUT2D eigenvalue weighted by molar-refractivity contribution is 0.0697. The molecule has 0 fully saturated rings. The number of rotatable bonds is 12. The molecule has 0 saturated heterocycles. The van der Waals surface area contributed by atoms with Crippen LogP contribution >= 0.6 is 0 Å². The van der Waals surface area contributed by atoms with Crippen molar-refractivity contribution in [2.24, 2.45) is 5.41 Å². The molecule has 0 aliphatic carbocycles. The molecule has 1 aromatic rings. The van der Waals surface area contributed by atoms with Crippen molar-refractivity contribution in [1.29, 1.82) is 0 Å². The third-order valence-electron chi connectivity index (χ3n) is 4.69. The van der Waals surface area contributed by atoms with E-state index in [0.717, 1.165) is 18.8 Å². The lowest BCUT2D eigenvalue weighted by atomic mass is 9.84. The van der Waals surface area contributed by atoms with Crippen molar-refractivity contribution in [3.05, 3.63) is 29.8 Å². The molecule has 0 atom stereocenters. The van der Waals surface area contributed by atoms with Gasteiger partial charge in [0, 0.05) is 6.54 Å². The molecule has 1 N–H and O–H groups in total. The first-order chi connectivity index (χ1) is 11.3. The second-order valence-corrected chi connectivity index (χ2v) is 7.31. The second-order valence-electron chi connectivity index (χ2n) is 7.31. The van der Waals surface area contributed by atoms with Gasteiger partial charge in [0.2, 0.25) is 0 Å². The molecule has 1 aromatic carbocycles. The van der Waals surface area contributed by atoms with Crippen molar-refractivity contribution in [3.63, 3.8) is 0 Å². The highest BCUT2D eigenvalue weighted by molar-refractivity contribution is 5.87. The summed E-state index contributed by atoms with van der Waals surface area (Å²) in [6, 6.07) is 6.55. The third kappa shape index (κ3) is 8.34. The van der Waals surface area contributed by atoms with Crippen LogP contribution in [0, 0.1) is 5.41 Å². The zero-order chi connectivity index (χ0) is 18.0. The molecule has 0 amide bonds. The van der Waals surface area contributed by atoms with Crippen LogP contribution in [0.2, 0.25) is 0 Å². The van der Waals surface area contributed by atoms with E-state index in [9.17, 15) is 4.79 Å². The Balaban J connectivity index is 2.11. The minimum absolute atomic E-state index is 0.283. The van der Waals surface area contributed by atoms with Crippen molar-refractivity contribution in [3.8, 4) is 5.75 Å². The highest BCUT2D eigenvalue weighted by atomic mass is 16.5. The van der Waals surface area contributed by atoms with Crippen LogP contribution < -0.4 is 4.74 Å². The Morgan fingerprint density at radius 3 is 2.38 bits per heavy atom. The summed E-state index contributed by atoms with van der Waals surface area (Å²) < 4.78 is 5.66. The van der Waals surface area contributed by atoms with E-state index in [1.807, 2.05) is 0 Å². The standard InChI is InChI=1S/C20H33NO3/c1-5-20(2,3)13-7-6-8-14-21(4)15-16-24-18-11-9-17(10-12-18)19(22)23/h9-12H,5-8,13-16H2,1-4H3,(H,22,23). The molecule has 0 saturated carbocycles. The van der Waals surface area contributed by atoms with Crippen LogP contribution in [0.5, 0.6) is 5.75 Å². The Hall–Kier alpha value is -1.55. The molecule has 0 unspecified atom stereocenters. The van der Waals surface area contributed by atoms with Crippen molar-refractivity contribution in [2.75, 3.05) is 26.7 Å². The lowest BCUT2D eigenvalue weighted by Gasteiger charge is -2.22. The van der Waals surface area contributed by atoms with Crippen LogP contribution in [0.4, 0.5) is 0 Å². The van der Waals surface area contributed by atoms with Crippen LogP contribution in [-0.2, 0) is 0 Å². The Labute approximate surface area is 146 Å². The first kappa shape index (κ1) is 20.5. The monoisotopic (exact) mass is 335 g/mol. The Morgan fingerprint density at radius 2 is 1.79 bits per heavy atom. The van der Waals surface area contributed by atoms with Crippen LogP contribution in [0.15, 0.2) is 24.3 Å². The van der Waals surface area contributed by atoms with Crippen molar-refractivity contribution >= 4 is 5.97 Å². The SMILES string of the molecule is CCC(C)(C)CCCCCN(C)CCOc1ccc(C(=O)O)cc1. The van der Waals surface area contributed by atoms with E-state index in [1.54, 1.807) is 24.3 Å². The van der Waals surface area contributed by atoms with Gasteiger partial charge in [0.15, 0.2) is 0 Å². The molecule has 24 heavy (non-hydrogen) atoms. The summed E-state index contributed by atoms with van der Waals surface area (Å²) in [6.45, 7) is 9.54. The Bertz CT molecular complexity index is 482. The largest absolute Gasteiger partial charge is 0.492 e. The summed E-state index contributed by atoms with van der Waals surface area (Å²) in [4.78, 5) is 13.1. The van der Waals surface area contributed by atoms with Gasteiger partial charge in [-0.2, -0.15) is 0 Å². The number of aromatic carboxylic acids is 1. The molecular formula is C20H33NO3. The highest BCUT2D eigenvalue weighted by Gasteiger charge is 2.13. The van der Waals surface area contributed by atoms with Crippen LogP contribution in [0.25, 0.3) is 0 Å². The minimum atomic E-state index is -0.913. The van der Waals surface area contributed by atoms with E-state index >= 15 is 0 Å². The van der Waals surface area contributed by atoms with Gasteiger partial charge < -0.3 is 14.7 Å². The Kier molecular flexibility index (Phi) is 8.83. The van der Waals surface area contributed by atoms with E-state index in [1.165, 1.54) is 32.1 Å². The molecule has 0 radical (unpaired) electrons. The molecule has 136 valence electrons. The van der Waals surface area contributed by atoms with Gasteiger partial charge >= 0.3 is 5.97 Å². The van der Waals surface area contributed by atoms with Crippen LogP contribution in [0.1, 0.15) is 63.2 Å². The molecular weight excluding hydrogens is 302 g/mol. The van der Waals surface area contributed by atoms with Gasteiger partial charge in [-0.15, -0.1) is 0 Å². The van der Waals surface area contributed by atoms with E-state index < -0.39 is 5.97 Å². The number of carboxylic acid groups (broad SMARTS) is 1. The number of unbranched alkanes of at least 4 members (excludes halogenated alkanes) is 2. The van der Waals surface area contributed by atoms with Gasteiger partial charge in [0.25, 0.3) is 0 Å². The molecule has 1 rings (SSSR count). The predicted molar refractivity (Wildman–Crippen MR) is 98.9 cm³/mol. The molecule has 4 nitrogen and oxygen atoms in total. The van der Waals surface area contributed by atoms with E-state index in [4.69, 9.17) is 9.84 Å². The zero-order valence-corrected chi connectivity index (χ0v) is 15.7. The predicted octanol–water partition coefficient (Wildman–Crippen LogP) is 4.69. The number of ether oxygens (including phenoxy) is 1. The van der Waals surface area contributed by atoms with Crippen molar-refractivity contribution in [2.45, 2.75) is 52.9 Å². The van der Waals surface area contributed by atoms with E-state index in [0.29, 0.717) is 12.0 Å². The summed E-state index contributed by atoms with van der Waals surface area (Å²) in [6.07, 6.45) is 6.37. The molecule has 4 heteroatoms. The number of benzene rings is 1. The second kappa shape index (κ2) is 10.3. The van der Waals surface area contributed by atoms with Gasteiger partial charge in [0.1, 0.15) is 12.4 Å². The number of nitrogens with zero attached hydrogens (tertiary/aromatic N) is 1. The number of hydrogen-bond acceptors (Lipinski definition) is 3. The molecule has 0 spiro atoms. The smallest absolute Gasteiger partial charge is 0.335 e. The fourth-order valence-corrected chi connectivity index (χ4v) is 2.46. The Morgan fingerprint density at radius 1 is 1.12 bits per heavy atom. The summed E-state index contributed by atoms with van der Waals surface area (Å²) >= 11 is 0. The summed E-state index contributed by atoms with van der Waals surface area (Å²) in [7, 11) is 2.12. The van der Waals surface area contributed by atoms with Crippen LogP contribution in [-0.4, -0.2) is 42.7 Å².